The number of nitro groups is 2. The Hall–Kier alpha value is -2.85. The molecule has 23 heavy (non-hydrogen) atoms. The largest absolute Gasteiger partial charge is 0.449 e. The Kier molecular flexibility index (Phi) is 3.76. The molecule has 2 aliphatic heterocycles. The van der Waals surface area contributed by atoms with E-state index in [2.05, 4.69) is 0 Å². The maximum atomic E-state index is 12.1. The van der Waals surface area contributed by atoms with Crippen LogP contribution in [-0.4, -0.2) is 40.9 Å². The minimum Gasteiger partial charge on any atom is -0.449 e. The van der Waals surface area contributed by atoms with Crippen LogP contribution in [0.2, 0.25) is 0 Å². The Morgan fingerprint density at radius 3 is 2.39 bits per heavy atom. The van der Waals surface area contributed by atoms with Crippen LogP contribution in [0.1, 0.15) is 10.4 Å². The van der Waals surface area contributed by atoms with Gasteiger partial charge >= 0.3 is 5.97 Å². The Morgan fingerprint density at radius 1 is 1.13 bits per heavy atom. The quantitative estimate of drug-likeness (QED) is 0.351. The molecular formula is C13H10N2O8. The molecule has 10 heteroatoms. The standard InChI is InChI=1S/C13H10N2O8/c16-12(23-11-2-1-10-6-21-13(11)22-10)7-3-8(14(17)18)5-9(4-7)15(19)20/h1-5,10-11,13H,6H2/t10-,11+,13+/m0/s1. The minimum atomic E-state index is -0.941. The molecule has 3 rings (SSSR count). The summed E-state index contributed by atoms with van der Waals surface area (Å²) in [4.78, 5) is 32.1. The van der Waals surface area contributed by atoms with Crippen molar-refractivity contribution in [1.29, 1.82) is 0 Å². The summed E-state index contributed by atoms with van der Waals surface area (Å²) in [6, 6.07) is 2.60. The number of hydrogen-bond acceptors (Lipinski definition) is 8. The summed E-state index contributed by atoms with van der Waals surface area (Å²) < 4.78 is 15.8. The fraction of sp³-hybridized carbons (Fsp3) is 0.308. The average Bonchev–Trinajstić information content (AvgIpc) is 2.92. The van der Waals surface area contributed by atoms with E-state index in [1.807, 2.05) is 0 Å². The third kappa shape index (κ3) is 3.03. The van der Waals surface area contributed by atoms with E-state index in [1.54, 1.807) is 12.2 Å². The smallest absolute Gasteiger partial charge is 0.339 e. The fourth-order valence-electron chi connectivity index (χ4n) is 2.25. The van der Waals surface area contributed by atoms with Gasteiger partial charge in [-0.05, 0) is 6.08 Å². The van der Waals surface area contributed by atoms with Crippen molar-refractivity contribution >= 4 is 17.3 Å². The van der Waals surface area contributed by atoms with Crippen LogP contribution in [0.3, 0.4) is 0 Å². The van der Waals surface area contributed by atoms with Gasteiger partial charge in [-0.15, -0.1) is 0 Å². The van der Waals surface area contributed by atoms with E-state index in [0.717, 1.165) is 18.2 Å². The second-order valence-electron chi connectivity index (χ2n) is 4.88. The van der Waals surface area contributed by atoms with E-state index in [0.29, 0.717) is 6.61 Å². The van der Waals surface area contributed by atoms with Crippen LogP contribution in [-0.2, 0) is 14.2 Å². The van der Waals surface area contributed by atoms with E-state index in [4.69, 9.17) is 14.2 Å². The SMILES string of the molecule is O=C(O[C@@H]1C=C[C@H]2CO[C@@H]1O2)c1cc([N+](=O)[O-])cc([N+](=O)[O-])c1. The molecule has 2 bridgehead atoms. The highest BCUT2D eigenvalue weighted by Gasteiger charge is 2.37. The second kappa shape index (κ2) is 5.74. The Balaban J connectivity index is 1.84. The van der Waals surface area contributed by atoms with Crippen LogP contribution in [0.15, 0.2) is 30.4 Å². The molecule has 0 unspecified atom stereocenters. The molecule has 1 saturated heterocycles. The van der Waals surface area contributed by atoms with Gasteiger partial charge in [0.25, 0.3) is 11.4 Å². The van der Waals surface area contributed by atoms with Gasteiger partial charge in [0.2, 0.25) is 0 Å². The lowest BCUT2D eigenvalue weighted by Gasteiger charge is -2.22. The van der Waals surface area contributed by atoms with Gasteiger partial charge < -0.3 is 14.2 Å². The van der Waals surface area contributed by atoms with Crippen molar-refractivity contribution < 1.29 is 28.9 Å². The van der Waals surface area contributed by atoms with Gasteiger partial charge in [0.15, 0.2) is 12.4 Å². The first-order valence-corrected chi connectivity index (χ1v) is 6.54. The number of nitrogens with zero attached hydrogens (tertiary/aromatic N) is 2. The molecule has 3 atom stereocenters. The lowest BCUT2D eigenvalue weighted by atomic mass is 10.1. The Labute approximate surface area is 128 Å². The molecule has 0 aromatic heterocycles. The number of esters is 1. The van der Waals surface area contributed by atoms with Crippen LogP contribution < -0.4 is 0 Å². The van der Waals surface area contributed by atoms with Gasteiger partial charge in [0.05, 0.1) is 28.1 Å². The number of carbonyl (C=O) groups is 1. The van der Waals surface area contributed by atoms with E-state index in [1.165, 1.54) is 0 Å². The number of rotatable bonds is 4. The van der Waals surface area contributed by atoms with Crippen molar-refractivity contribution in [2.75, 3.05) is 6.61 Å². The molecule has 120 valence electrons. The van der Waals surface area contributed by atoms with Gasteiger partial charge in [-0.2, -0.15) is 0 Å². The summed E-state index contributed by atoms with van der Waals surface area (Å²) in [6.45, 7) is 0.345. The third-order valence-electron chi connectivity index (χ3n) is 3.32. The van der Waals surface area contributed by atoms with Crippen LogP contribution >= 0.6 is 0 Å². The van der Waals surface area contributed by atoms with Crippen molar-refractivity contribution in [1.82, 2.24) is 0 Å². The molecular weight excluding hydrogens is 312 g/mol. The summed E-state index contributed by atoms with van der Waals surface area (Å²) in [5.74, 6) is -0.941. The predicted octanol–water partition coefficient (Wildman–Crippen LogP) is 1.34. The van der Waals surface area contributed by atoms with Crippen LogP contribution in [0, 0.1) is 20.2 Å². The first kappa shape index (κ1) is 15.1. The zero-order valence-corrected chi connectivity index (χ0v) is 11.5. The molecule has 0 spiro atoms. The molecule has 2 aliphatic rings. The maximum Gasteiger partial charge on any atom is 0.339 e. The van der Waals surface area contributed by atoms with Crippen LogP contribution in [0.25, 0.3) is 0 Å². The normalized spacial score (nSPS) is 25.1. The van der Waals surface area contributed by atoms with Crippen molar-refractivity contribution in [2.45, 2.75) is 18.5 Å². The number of hydrogen-bond donors (Lipinski definition) is 0. The third-order valence-corrected chi connectivity index (χ3v) is 3.32. The number of fused-ring (bicyclic) bond motifs is 2. The molecule has 0 aliphatic carbocycles. The molecule has 1 aromatic carbocycles. The zero-order chi connectivity index (χ0) is 16.6. The Morgan fingerprint density at radius 2 is 1.78 bits per heavy atom. The fourth-order valence-corrected chi connectivity index (χ4v) is 2.25. The molecule has 1 aromatic rings. The van der Waals surface area contributed by atoms with Gasteiger partial charge in [-0.3, -0.25) is 20.2 Å². The summed E-state index contributed by atoms with van der Waals surface area (Å²) in [5, 5.41) is 21.6. The van der Waals surface area contributed by atoms with Crippen LogP contribution in [0.5, 0.6) is 0 Å². The highest BCUT2D eigenvalue weighted by Crippen LogP contribution is 2.27. The van der Waals surface area contributed by atoms with Crippen molar-refractivity contribution in [3.63, 3.8) is 0 Å². The number of nitro benzene ring substituents is 2. The topological polar surface area (TPSA) is 131 Å². The monoisotopic (exact) mass is 322 g/mol. The lowest BCUT2D eigenvalue weighted by molar-refractivity contribution is -0.394. The van der Waals surface area contributed by atoms with Gasteiger partial charge in [0, 0.05) is 12.1 Å². The summed E-state index contributed by atoms with van der Waals surface area (Å²) >= 11 is 0. The molecule has 0 radical (unpaired) electrons. The zero-order valence-electron chi connectivity index (χ0n) is 11.5. The number of ether oxygens (including phenoxy) is 3. The van der Waals surface area contributed by atoms with Gasteiger partial charge in [0.1, 0.15) is 6.10 Å². The number of non-ortho nitro benzene ring substituents is 2. The van der Waals surface area contributed by atoms with Crippen molar-refractivity contribution in [2.24, 2.45) is 0 Å². The first-order valence-electron chi connectivity index (χ1n) is 6.54. The highest BCUT2D eigenvalue weighted by molar-refractivity contribution is 5.91. The van der Waals surface area contributed by atoms with E-state index in [9.17, 15) is 25.0 Å². The maximum absolute atomic E-state index is 12.1. The van der Waals surface area contributed by atoms with Crippen LogP contribution in [0.4, 0.5) is 11.4 Å². The second-order valence-corrected chi connectivity index (χ2v) is 4.88. The first-order chi connectivity index (χ1) is 10.9. The summed E-state index contributed by atoms with van der Waals surface area (Å²) in [5.41, 5.74) is -1.43. The van der Waals surface area contributed by atoms with Gasteiger partial charge in [-0.25, -0.2) is 4.79 Å². The van der Waals surface area contributed by atoms with Crippen molar-refractivity contribution in [3.8, 4) is 0 Å². The number of benzene rings is 1. The van der Waals surface area contributed by atoms with E-state index < -0.39 is 39.6 Å². The number of carbonyl (C=O) groups excluding carboxylic acids is 1. The summed E-state index contributed by atoms with van der Waals surface area (Å²) in [7, 11) is 0. The summed E-state index contributed by atoms with van der Waals surface area (Å²) in [6.07, 6.45) is 1.52. The van der Waals surface area contributed by atoms with E-state index >= 15 is 0 Å². The molecule has 0 N–H and O–H groups in total. The highest BCUT2D eigenvalue weighted by atomic mass is 16.7. The average molecular weight is 322 g/mol. The van der Waals surface area contributed by atoms with E-state index in [-0.39, 0.29) is 11.7 Å². The molecule has 0 saturated carbocycles. The predicted molar refractivity (Wildman–Crippen MR) is 72.7 cm³/mol. The van der Waals surface area contributed by atoms with Crippen molar-refractivity contribution in [3.05, 3.63) is 56.1 Å². The van der Waals surface area contributed by atoms with Gasteiger partial charge in [-0.1, -0.05) is 6.08 Å². The Bertz CT molecular complexity index is 684. The molecule has 2 heterocycles. The molecule has 10 nitrogen and oxygen atoms in total. The lowest BCUT2D eigenvalue weighted by Crippen LogP contribution is -2.33. The molecule has 0 amide bonds. The molecule has 1 fully saturated rings. The minimum absolute atomic E-state index is 0.186.